The highest BCUT2D eigenvalue weighted by molar-refractivity contribution is 6.30. The van der Waals surface area contributed by atoms with Crippen LogP contribution in [0, 0.1) is 0 Å². The van der Waals surface area contributed by atoms with Crippen LogP contribution in [-0.2, 0) is 14.3 Å². The number of amides is 1. The fourth-order valence-electron chi connectivity index (χ4n) is 3.24. The first-order chi connectivity index (χ1) is 14.4. The minimum Gasteiger partial charge on any atom is -0.504 e. The normalized spacial score (nSPS) is 15.1. The summed E-state index contributed by atoms with van der Waals surface area (Å²) in [5.74, 6) is -0.638. The number of aromatic hydroxyl groups is 1. The van der Waals surface area contributed by atoms with Gasteiger partial charge in [-0.2, -0.15) is 0 Å². The van der Waals surface area contributed by atoms with Crippen molar-refractivity contribution in [3.05, 3.63) is 69.9 Å². The zero-order valence-electron chi connectivity index (χ0n) is 16.9. The molecule has 0 aromatic heterocycles. The summed E-state index contributed by atoms with van der Waals surface area (Å²) in [6.45, 7) is 5.77. The molecule has 1 aliphatic heterocycles. The highest BCUT2D eigenvalue weighted by Crippen LogP contribution is 2.36. The Morgan fingerprint density at radius 3 is 2.47 bits per heavy atom. The van der Waals surface area contributed by atoms with Gasteiger partial charge in [-0.15, -0.1) is 0 Å². The third-order valence-electron chi connectivity index (χ3n) is 4.56. The van der Waals surface area contributed by atoms with Crippen LogP contribution in [-0.4, -0.2) is 30.2 Å². The first-order valence-corrected chi connectivity index (χ1v) is 9.91. The zero-order chi connectivity index (χ0) is 21.8. The van der Waals surface area contributed by atoms with Crippen molar-refractivity contribution in [3.8, 4) is 11.5 Å². The molecule has 0 radical (unpaired) electrons. The molecule has 156 valence electrons. The second-order valence-corrected chi connectivity index (χ2v) is 6.95. The summed E-state index contributed by atoms with van der Waals surface area (Å²) < 4.78 is 10.6. The van der Waals surface area contributed by atoms with E-state index in [0.717, 1.165) is 0 Å². The molecule has 0 spiro atoms. The number of halogens is 1. The maximum atomic E-state index is 13.3. The van der Waals surface area contributed by atoms with E-state index in [9.17, 15) is 14.7 Å². The van der Waals surface area contributed by atoms with Crippen molar-refractivity contribution in [2.75, 3.05) is 18.1 Å². The molecule has 0 saturated carbocycles. The summed E-state index contributed by atoms with van der Waals surface area (Å²) in [6, 6.07) is 11.5. The fraction of sp³-hybridized carbons (Fsp3) is 0.217. The van der Waals surface area contributed by atoms with Crippen molar-refractivity contribution < 1.29 is 24.2 Å². The molecule has 1 heterocycles. The SMILES string of the molecule is CCOC(=O)C1=C(C)N(c2ccc(Cl)cc2)C(=O)/C1=C\c1ccc(O)c(OCC)c1. The second kappa shape index (κ2) is 9.05. The number of phenols is 1. The molecule has 2 aromatic rings. The molecule has 0 atom stereocenters. The molecule has 1 amide bonds. The maximum absolute atomic E-state index is 13.3. The van der Waals surface area contributed by atoms with E-state index >= 15 is 0 Å². The highest BCUT2D eigenvalue weighted by Gasteiger charge is 2.38. The summed E-state index contributed by atoms with van der Waals surface area (Å²) in [5.41, 5.74) is 2.06. The number of esters is 1. The van der Waals surface area contributed by atoms with Gasteiger partial charge in [0.25, 0.3) is 5.91 Å². The molecular formula is C23H22ClNO5. The predicted octanol–water partition coefficient (Wildman–Crippen LogP) is 4.71. The van der Waals surface area contributed by atoms with Crippen molar-refractivity contribution in [3.63, 3.8) is 0 Å². The van der Waals surface area contributed by atoms with Crippen LogP contribution < -0.4 is 9.64 Å². The zero-order valence-corrected chi connectivity index (χ0v) is 17.7. The third kappa shape index (κ3) is 4.19. The van der Waals surface area contributed by atoms with Crippen molar-refractivity contribution in [2.24, 2.45) is 0 Å². The van der Waals surface area contributed by atoms with E-state index < -0.39 is 5.97 Å². The lowest BCUT2D eigenvalue weighted by Gasteiger charge is -2.18. The molecule has 7 heteroatoms. The van der Waals surface area contributed by atoms with E-state index in [4.69, 9.17) is 21.1 Å². The lowest BCUT2D eigenvalue weighted by atomic mass is 10.0. The number of carbonyl (C=O) groups is 2. The number of rotatable bonds is 6. The van der Waals surface area contributed by atoms with Gasteiger partial charge in [0.15, 0.2) is 11.5 Å². The number of anilines is 1. The van der Waals surface area contributed by atoms with Crippen molar-refractivity contribution in [1.82, 2.24) is 0 Å². The Morgan fingerprint density at radius 1 is 1.13 bits per heavy atom. The smallest absolute Gasteiger partial charge is 0.340 e. The fourth-order valence-corrected chi connectivity index (χ4v) is 3.37. The van der Waals surface area contributed by atoms with Gasteiger partial charge in [-0.1, -0.05) is 17.7 Å². The van der Waals surface area contributed by atoms with Gasteiger partial charge in [-0.05, 0) is 68.8 Å². The summed E-state index contributed by atoms with van der Waals surface area (Å²) in [4.78, 5) is 27.4. The molecule has 0 unspecified atom stereocenters. The lowest BCUT2D eigenvalue weighted by molar-refractivity contribution is -0.138. The number of benzene rings is 2. The Labute approximate surface area is 180 Å². The molecular weight excluding hydrogens is 406 g/mol. The number of phenolic OH excluding ortho intramolecular Hbond substituents is 1. The van der Waals surface area contributed by atoms with Gasteiger partial charge in [0.05, 0.1) is 24.4 Å². The molecule has 2 aromatic carbocycles. The van der Waals surface area contributed by atoms with Crippen molar-refractivity contribution in [2.45, 2.75) is 20.8 Å². The van der Waals surface area contributed by atoms with Crippen molar-refractivity contribution >= 4 is 35.2 Å². The molecule has 30 heavy (non-hydrogen) atoms. The van der Waals surface area contributed by atoms with Crippen LogP contribution in [0.2, 0.25) is 5.02 Å². The average Bonchev–Trinajstić information content (AvgIpc) is 2.95. The van der Waals surface area contributed by atoms with Gasteiger partial charge in [-0.3, -0.25) is 9.69 Å². The Balaban J connectivity index is 2.11. The number of hydrogen-bond acceptors (Lipinski definition) is 5. The first kappa shape index (κ1) is 21.5. The van der Waals surface area contributed by atoms with Gasteiger partial charge >= 0.3 is 5.97 Å². The van der Waals surface area contributed by atoms with Gasteiger partial charge < -0.3 is 14.6 Å². The van der Waals surface area contributed by atoms with Crippen LogP contribution in [0.25, 0.3) is 6.08 Å². The standard InChI is InChI=1S/C23H22ClNO5/c1-4-29-20-13-15(6-11-19(20)26)12-18-21(23(28)30-5-2)14(3)25(22(18)27)17-9-7-16(24)8-10-17/h6-13,26H,4-5H2,1-3H3/b18-12-. The monoisotopic (exact) mass is 427 g/mol. The minimum absolute atomic E-state index is 0.00289. The highest BCUT2D eigenvalue weighted by atomic mass is 35.5. The van der Waals surface area contributed by atoms with Gasteiger partial charge in [0.2, 0.25) is 0 Å². The molecule has 1 N–H and O–H groups in total. The molecule has 6 nitrogen and oxygen atoms in total. The van der Waals surface area contributed by atoms with Crippen LogP contribution in [0.4, 0.5) is 5.69 Å². The van der Waals surface area contributed by atoms with E-state index in [2.05, 4.69) is 0 Å². The van der Waals surface area contributed by atoms with E-state index in [0.29, 0.717) is 34.3 Å². The van der Waals surface area contributed by atoms with Crippen LogP contribution in [0.3, 0.4) is 0 Å². The Bertz CT molecular complexity index is 1040. The van der Waals surface area contributed by atoms with E-state index in [1.807, 2.05) is 0 Å². The van der Waals surface area contributed by atoms with Crippen molar-refractivity contribution in [1.29, 1.82) is 0 Å². The first-order valence-electron chi connectivity index (χ1n) is 9.53. The number of carbonyl (C=O) groups excluding carboxylic acids is 2. The van der Waals surface area contributed by atoms with Crippen LogP contribution in [0.15, 0.2) is 59.3 Å². The van der Waals surface area contributed by atoms with E-state index in [1.165, 1.54) is 11.0 Å². The Kier molecular flexibility index (Phi) is 6.47. The lowest BCUT2D eigenvalue weighted by Crippen LogP contribution is -2.24. The Morgan fingerprint density at radius 2 is 1.83 bits per heavy atom. The Hall–Kier alpha value is -3.25. The average molecular weight is 428 g/mol. The van der Waals surface area contributed by atoms with E-state index in [1.54, 1.807) is 63.2 Å². The summed E-state index contributed by atoms with van der Waals surface area (Å²) in [5, 5.41) is 10.5. The third-order valence-corrected chi connectivity index (χ3v) is 4.81. The van der Waals surface area contributed by atoms with E-state index in [-0.39, 0.29) is 29.4 Å². The van der Waals surface area contributed by atoms with Crippen LogP contribution in [0.5, 0.6) is 11.5 Å². The minimum atomic E-state index is -0.574. The quantitative estimate of drug-likeness (QED) is 0.533. The second-order valence-electron chi connectivity index (χ2n) is 6.52. The van der Waals surface area contributed by atoms with Gasteiger partial charge in [-0.25, -0.2) is 4.79 Å². The predicted molar refractivity (Wildman–Crippen MR) is 116 cm³/mol. The molecule has 1 aliphatic rings. The van der Waals surface area contributed by atoms with Gasteiger partial charge in [0, 0.05) is 16.4 Å². The largest absolute Gasteiger partial charge is 0.504 e. The van der Waals surface area contributed by atoms with Crippen LogP contribution >= 0.6 is 11.6 Å². The van der Waals surface area contributed by atoms with Crippen LogP contribution in [0.1, 0.15) is 26.3 Å². The molecule has 3 rings (SSSR count). The molecule has 0 fully saturated rings. The summed E-state index contributed by atoms with van der Waals surface area (Å²) in [7, 11) is 0. The number of hydrogen-bond donors (Lipinski definition) is 1. The van der Waals surface area contributed by atoms with Gasteiger partial charge in [0.1, 0.15) is 0 Å². The molecule has 0 aliphatic carbocycles. The number of ether oxygens (including phenoxy) is 2. The molecule has 0 saturated heterocycles. The summed E-state index contributed by atoms with van der Waals surface area (Å²) in [6.07, 6.45) is 1.59. The number of allylic oxidation sites excluding steroid dienone is 1. The molecule has 0 bridgehead atoms. The maximum Gasteiger partial charge on any atom is 0.340 e. The number of nitrogens with zero attached hydrogens (tertiary/aromatic N) is 1. The topological polar surface area (TPSA) is 76.1 Å². The summed E-state index contributed by atoms with van der Waals surface area (Å²) >= 11 is 5.97.